The van der Waals surface area contributed by atoms with Crippen LogP contribution < -0.4 is 0 Å². The van der Waals surface area contributed by atoms with Gasteiger partial charge in [0.05, 0.1) is 5.69 Å². The minimum atomic E-state index is -0.388. The molecule has 0 aliphatic carbocycles. The van der Waals surface area contributed by atoms with E-state index in [1.165, 1.54) is 0 Å². The number of carbonyl (C=O) groups excluding carboxylic acids is 1. The predicted molar refractivity (Wildman–Crippen MR) is 62.8 cm³/mol. The van der Waals surface area contributed by atoms with Crippen LogP contribution >= 0.6 is 11.6 Å². The zero-order valence-electron chi connectivity index (χ0n) is 10.1. The number of hydrogen-bond donors (Lipinski definition) is 0. The van der Waals surface area contributed by atoms with E-state index in [2.05, 4.69) is 5.10 Å². The summed E-state index contributed by atoms with van der Waals surface area (Å²) < 4.78 is 6.82. The molecular weight excluding hydrogens is 228 g/mol. The molecule has 0 saturated carbocycles. The second kappa shape index (κ2) is 5.46. The summed E-state index contributed by atoms with van der Waals surface area (Å²) in [4.78, 5) is 11.8. The van der Waals surface area contributed by atoms with Crippen molar-refractivity contribution in [3.63, 3.8) is 0 Å². The molecule has 90 valence electrons. The van der Waals surface area contributed by atoms with Gasteiger partial charge in [0.25, 0.3) is 0 Å². The Hall–Kier alpha value is -0.870. The van der Waals surface area contributed by atoms with Crippen molar-refractivity contribution in [3.05, 3.63) is 16.4 Å². The van der Waals surface area contributed by atoms with Crippen LogP contribution in [0.2, 0.25) is 5.15 Å². The van der Waals surface area contributed by atoms with E-state index in [-0.39, 0.29) is 18.3 Å². The maximum Gasteiger partial charge on any atom is 0.165 e. The van der Waals surface area contributed by atoms with Crippen molar-refractivity contribution in [1.82, 2.24) is 9.78 Å². The van der Waals surface area contributed by atoms with Gasteiger partial charge in [-0.1, -0.05) is 11.6 Å². The number of ketones is 1. The standard InChI is InChI=1S/C11H17ClN2O2/c1-5-16-8(3)10(15)6-9-7(2)13-14(4)11(9)12/h8H,5-6H2,1-4H3. The molecule has 1 unspecified atom stereocenters. The van der Waals surface area contributed by atoms with E-state index < -0.39 is 0 Å². The van der Waals surface area contributed by atoms with E-state index in [0.29, 0.717) is 11.8 Å². The summed E-state index contributed by atoms with van der Waals surface area (Å²) in [6.45, 7) is 6.00. The lowest BCUT2D eigenvalue weighted by molar-refractivity contribution is -0.128. The van der Waals surface area contributed by atoms with Crippen LogP contribution in [0.25, 0.3) is 0 Å². The van der Waals surface area contributed by atoms with Gasteiger partial charge in [0.2, 0.25) is 0 Å². The molecule has 0 aromatic carbocycles. The number of ether oxygens (including phenoxy) is 1. The highest BCUT2D eigenvalue weighted by atomic mass is 35.5. The highest BCUT2D eigenvalue weighted by molar-refractivity contribution is 6.30. The molecule has 0 aliphatic heterocycles. The van der Waals surface area contributed by atoms with Crippen LogP contribution in [0, 0.1) is 6.92 Å². The van der Waals surface area contributed by atoms with Crippen LogP contribution in [-0.4, -0.2) is 28.3 Å². The fourth-order valence-corrected chi connectivity index (χ4v) is 1.78. The molecule has 1 aromatic heterocycles. The number of aromatic nitrogens is 2. The van der Waals surface area contributed by atoms with Gasteiger partial charge < -0.3 is 4.74 Å². The molecule has 5 heteroatoms. The van der Waals surface area contributed by atoms with Gasteiger partial charge in [-0.15, -0.1) is 0 Å². The number of carbonyl (C=O) groups is 1. The quantitative estimate of drug-likeness (QED) is 0.795. The Balaban J connectivity index is 2.77. The molecule has 4 nitrogen and oxygen atoms in total. The summed E-state index contributed by atoms with van der Waals surface area (Å²) in [5.74, 6) is 0.0276. The zero-order valence-corrected chi connectivity index (χ0v) is 10.8. The summed E-state index contributed by atoms with van der Waals surface area (Å²) >= 11 is 6.05. The number of rotatable bonds is 5. The monoisotopic (exact) mass is 244 g/mol. The third-order valence-electron chi connectivity index (χ3n) is 2.49. The van der Waals surface area contributed by atoms with Gasteiger partial charge in [-0.2, -0.15) is 5.10 Å². The van der Waals surface area contributed by atoms with Crippen molar-refractivity contribution in [2.24, 2.45) is 7.05 Å². The first-order valence-electron chi connectivity index (χ1n) is 5.29. The van der Waals surface area contributed by atoms with Gasteiger partial charge in [-0.25, -0.2) is 0 Å². The second-order valence-corrected chi connectivity index (χ2v) is 4.08. The highest BCUT2D eigenvalue weighted by Gasteiger charge is 2.19. The smallest absolute Gasteiger partial charge is 0.165 e. The first-order chi connectivity index (χ1) is 7.47. The van der Waals surface area contributed by atoms with Crippen molar-refractivity contribution < 1.29 is 9.53 Å². The van der Waals surface area contributed by atoms with Crippen molar-refractivity contribution in [1.29, 1.82) is 0 Å². The first kappa shape index (κ1) is 13.2. The Morgan fingerprint density at radius 3 is 2.69 bits per heavy atom. The van der Waals surface area contributed by atoms with Crippen LogP contribution in [0.15, 0.2) is 0 Å². The molecule has 0 bridgehead atoms. The van der Waals surface area contributed by atoms with Crippen LogP contribution in [0.5, 0.6) is 0 Å². The van der Waals surface area contributed by atoms with E-state index in [1.54, 1.807) is 18.7 Å². The minimum absolute atomic E-state index is 0.0276. The van der Waals surface area contributed by atoms with E-state index in [0.717, 1.165) is 11.3 Å². The van der Waals surface area contributed by atoms with Crippen LogP contribution in [0.1, 0.15) is 25.1 Å². The zero-order chi connectivity index (χ0) is 12.3. The molecule has 0 aliphatic rings. The summed E-state index contributed by atoms with van der Waals surface area (Å²) in [7, 11) is 1.76. The molecule has 1 rings (SSSR count). The third kappa shape index (κ3) is 2.83. The molecule has 0 amide bonds. The Bertz CT molecular complexity index is 388. The Kier molecular flexibility index (Phi) is 4.50. The van der Waals surface area contributed by atoms with Crippen LogP contribution in [-0.2, 0) is 23.0 Å². The van der Waals surface area contributed by atoms with E-state index in [4.69, 9.17) is 16.3 Å². The Morgan fingerprint density at radius 2 is 2.25 bits per heavy atom. The average Bonchev–Trinajstić information content (AvgIpc) is 2.45. The largest absolute Gasteiger partial charge is 0.371 e. The number of Topliss-reactive ketones (excluding diaryl/α,β-unsaturated/α-hetero) is 1. The van der Waals surface area contributed by atoms with Crippen molar-refractivity contribution in [2.75, 3.05) is 6.61 Å². The molecule has 0 N–H and O–H groups in total. The lowest BCUT2D eigenvalue weighted by Crippen LogP contribution is -2.22. The van der Waals surface area contributed by atoms with Gasteiger partial charge in [0, 0.05) is 25.6 Å². The number of aryl methyl sites for hydroxylation is 2. The summed E-state index contributed by atoms with van der Waals surface area (Å²) in [5.41, 5.74) is 1.59. The summed E-state index contributed by atoms with van der Waals surface area (Å²) in [6, 6.07) is 0. The molecular formula is C11H17ClN2O2. The third-order valence-corrected chi connectivity index (χ3v) is 2.96. The van der Waals surface area contributed by atoms with E-state index in [9.17, 15) is 4.79 Å². The molecule has 16 heavy (non-hydrogen) atoms. The van der Waals surface area contributed by atoms with Crippen molar-refractivity contribution in [3.8, 4) is 0 Å². The molecule has 1 atom stereocenters. The predicted octanol–water partition coefficient (Wildman–Crippen LogP) is 1.92. The van der Waals surface area contributed by atoms with Crippen LogP contribution in [0.4, 0.5) is 0 Å². The van der Waals surface area contributed by atoms with Gasteiger partial charge >= 0.3 is 0 Å². The maximum atomic E-state index is 11.8. The van der Waals surface area contributed by atoms with Crippen molar-refractivity contribution in [2.45, 2.75) is 33.3 Å². The lowest BCUT2D eigenvalue weighted by atomic mass is 10.1. The normalized spacial score (nSPS) is 12.8. The van der Waals surface area contributed by atoms with E-state index in [1.807, 2.05) is 13.8 Å². The molecule has 0 saturated heterocycles. The molecule has 0 radical (unpaired) electrons. The Morgan fingerprint density at radius 1 is 1.62 bits per heavy atom. The summed E-state index contributed by atoms with van der Waals surface area (Å²) in [5, 5.41) is 4.68. The number of hydrogen-bond acceptors (Lipinski definition) is 3. The first-order valence-corrected chi connectivity index (χ1v) is 5.67. The van der Waals surface area contributed by atoms with Gasteiger partial charge in [-0.05, 0) is 20.8 Å². The summed E-state index contributed by atoms with van der Waals surface area (Å²) in [6.07, 6.45) is -0.111. The molecule has 1 aromatic rings. The fraction of sp³-hybridized carbons (Fsp3) is 0.636. The highest BCUT2D eigenvalue weighted by Crippen LogP contribution is 2.19. The van der Waals surface area contributed by atoms with Gasteiger partial charge in [0.1, 0.15) is 11.3 Å². The number of halogens is 1. The van der Waals surface area contributed by atoms with E-state index >= 15 is 0 Å². The second-order valence-electron chi connectivity index (χ2n) is 3.72. The maximum absolute atomic E-state index is 11.8. The molecule has 1 heterocycles. The van der Waals surface area contributed by atoms with Crippen LogP contribution in [0.3, 0.4) is 0 Å². The topological polar surface area (TPSA) is 44.1 Å². The minimum Gasteiger partial charge on any atom is -0.371 e. The molecule has 0 fully saturated rings. The molecule has 0 spiro atoms. The Labute approximate surface area is 101 Å². The van der Waals surface area contributed by atoms with Crippen molar-refractivity contribution >= 4 is 17.4 Å². The van der Waals surface area contributed by atoms with Gasteiger partial charge in [0.15, 0.2) is 5.78 Å². The number of nitrogens with zero attached hydrogens (tertiary/aromatic N) is 2. The van der Waals surface area contributed by atoms with Gasteiger partial charge in [-0.3, -0.25) is 9.48 Å². The fourth-order valence-electron chi connectivity index (χ4n) is 1.54. The SMILES string of the molecule is CCOC(C)C(=O)Cc1c(C)nn(C)c1Cl. The lowest BCUT2D eigenvalue weighted by Gasteiger charge is -2.09. The average molecular weight is 245 g/mol.